The molecule has 4 heteroatoms. The Morgan fingerprint density at radius 1 is 1.21 bits per heavy atom. The lowest BCUT2D eigenvalue weighted by Crippen LogP contribution is -1.92. The molecule has 2 aromatic heterocycles. The number of aromatic nitrogens is 2. The van der Waals surface area contributed by atoms with Crippen LogP contribution in [0.2, 0.25) is 0 Å². The highest BCUT2D eigenvalue weighted by molar-refractivity contribution is 9.10. The van der Waals surface area contributed by atoms with Gasteiger partial charge in [-0.2, -0.15) is 0 Å². The highest BCUT2D eigenvalue weighted by atomic mass is 79.9. The molecule has 0 aliphatic heterocycles. The van der Waals surface area contributed by atoms with Crippen LogP contribution in [-0.4, -0.2) is 9.97 Å². The van der Waals surface area contributed by atoms with Crippen LogP contribution in [0.25, 0.3) is 0 Å². The third-order valence-electron chi connectivity index (χ3n) is 1.64. The van der Waals surface area contributed by atoms with Gasteiger partial charge >= 0.3 is 0 Å². The van der Waals surface area contributed by atoms with Gasteiger partial charge in [-0.15, -0.1) is 0 Å². The minimum atomic E-state index is 0.812. The van der Waals surface area contributed by atoms with Gasteiger partial charge in [0.05, 0.1) is 11.9 Å². The maximum Gasteiger partial charge on any atom is 0.130 e. The Hall–Kier alpha value is -1.42. The molecular formula is C10H8BrN3. The molecule has 0 saturated carbocycles. The standard InChI is InChI=1S/C10H8BrN3/c11-8-5-9(7-12-6-8)14-10-3-1-2-4-13-10/h1-7H,(H,13,14). The number of pyridine rings is 2. The van der Waals surface area contributed by atoms with Crippen molar-refractivity contribution in [1.29, 1.82) is 0 Å². The van der Waals surface area contributed by atoms with E-state index < -0.39 is 0 Å². The number of rotatable bonds is 2. The third kappa shape index (κ3) is 2.29. The van der Waals surface area contributed by atoms with Crippen LogP contribution in [0.4, 0.5) is 11.5 Å². The van der Waals surface area contributed by atoms with E-state index in [1.54, 1.807) is 18.6 Å². The van der Waals surface area contributed by atoms with E-state index in [0.29, 0.717) is 0 Å². The molecule has 0 aliphatic carbocycles. The molecule has 70 valence electrons. The molecule has 0 spiro atoms. The van der Waals surface area contributed by atoms with Crippen molar-refractivity contribution in [2.24, 2.45) is 0 Å². The Bertz CT molecular complexity index is 417. The lowest BCUT2D eigenvalue weighted by molar-refractivity contribution is 1.27. The summed E-state index contributed by atoms with van der Waals surface area (Å²) in [5.41, 5.74) is 0.915. The van der Waals surface area contributed by atoms with Crippen LogP contribution >= 0.6 is 15.9 Å². The van der Waals surface area contributed by atoms with Crippen LogP contribution in [0, 0.1) is 0 Å². The van der Waals surface area contributed by atoms with Crippen molar-refractivity contribution in [2.75, 3.05) is 5.32 Å². The molecule has 2 rings (SSSR count). The zero-order valence-electron chi connectivity index (χ0n) is 7.31. The van der Waals surface area contributed by atoms with Crippen molar-refractivity contribution >= 4 is 27.4 Å². The van der Waals surface area contributed by atoms with Gasteiger partial charge in [0.2, 0.25) is 0 Å². The molecule has 0 atom stereocenters. The van der Waals surface area contributed by atoms with E-state index in [0.717, 1.165) is 16.0 Å². The second kappa shape index (κ2) is 4.19. The van der Waals surface area contributed by atoms with Gasteiger partial charge in [0, 0.05) is 16.9 Å². The highest BCUT2D eigenvalue weighted by Crippen LogP contribution is 2.16. The van der Waals surface area contributed by atoms with Gasteiger partial charge < -0.3 is 5.32 Å². The zero-order valence-corrected chi connectivity index (χ0v) is 8.90. The van der Waals surface area contributed by atoms with Crippen molar-refractivity contribution in [1.82, 2.24) is 9.97 Å². The fraction of sp³-hybridized carbons (Fsp3) is 0. The summed E-state index contributed by atoms with van der Waals surface area (Å²) in [6, 6.07) is 7.66. The van der Waals surface area contributed by atoms with E-state index in [-0.39, 0.29) is 0 Å². The van der Waals surface area contributed by atoms with Crippen LogP contribution in [-0.2, 0) is 0 Å². The van der Waals surface area contributed by atoms with Crippen molar-refractivity contribution in [3.8, 4) is 0 Å². The van der Waals surface area contributed by atoms with Gasteiger partial charge in [0.25, 0.3) is 0 Å². The van der Waals surface area contributed by atoms with E-state index in [4.69, 9.17) is 0 Å². The van der Waals surface area contributed by atoms with Crippen LogP contribution in [0.5, 0.6) is 0 Å². The molecule has 2 aromatic rings. The molecule has 2 heterocycles. The van der Waals surface area contributed by atoms with E-state index in [1.165, 1.54) is 0 Å². The molecule has 0 bridgehead atoms. The first-order valence-electron chi connectivity index (χ1n) is 4.13. The predicted molar refractivity (Wildman–Crippen MR) is 59.5 cm³/mol. The lowest BCUT2D eigenvalue weighted by Gasteiger charge is -2.03. The minimum absolute atomic E-state index is 0.812. The summed E-state index contributed by atoms with van der Waals surface area (Å²) in [7, 11) is 0. The van der Waals surface area contributed by atoms with Gasteiger partial charge in [-0.3, -0.25) is 4.98 Å². The highest BCUT2D eigenvalue weighted by Gasteiger charge is 1.95. The first-order chi connectivity index (χ1) is 6.84. The molecule has 0 fully saturated rings. The Balaban J connectivity index is 2.19. The number of nitrogens with one attached hydrogen (secondary N) is 1. The van der Waals surface area contributed by atoms with Gasteiger partial charge in [0.1, 0.15) is 5.82 Å². The predicted octanol–water partition coefficient (Wildman–Crippen LogP) is 2.98. The van der Waals surface area contributed by atoms with E-state index in [1.807, 2.05) is 24.3 Å². The van der Waals surface area contributed by atoms with Crippen LogP contribution < -0.4 is 5.32 Å². The van der Waals surface area contributed by atoms with Crippen molar-refractivity contribution < 1.29 is 0 Å². The fourth-order valence-electron chi connectivity index (χ4n) is 1.06. The Labute approximate surface area is 90.3 Å². The van der Waals surface area contributed by atoms with E-state index >= 15 is 0 Å². The fourth-order valence-corrected chi connectivity index (χ4v) is 1.43. The summed E-state index contributed by atoms with van der Waals surface area (Å²) in [6.07, 6.45) is 5.23. The largest absolute Gasteiger partial charge is 0.339 e. The molecule has 14 heavy (non-hydrogen) atoms. The SMILES string of the molecule is Brc1cncc(Nc2ccccn2)c1. The second-order valence-corrected chi connectivity index (χ2v) is 3.65. The van der Waals surface area contributed by atoms with Crippen LogP contribution in [0.15, 0.2) is 47.3 Å². The van der Waals surface area contributed by atoms with Gasteiger partial charge in [0.15, 0.2) is 0 Å². The number of nitrogens with zero attached hydrogens (tertiary/aromatic N) is 2. The summed E-state index contributed by atoms with van der Waals surface area (Å²) in [6.45, 7) is 0. The first kappa shape index (κ1) is 9.15. The quantitative estimate of drug-likeness (QED) is 0.890. The molecule has 0 aliphatic rings. The normalized spacial score (nSPS) is 9.79. The summed E-state index contributed by atoms with van der Waals surface area (Å²) in [4.78, 5) is 8.19. The second-order valence-electron chi connectivity index (χ2n) is 2.73. The Morgan fingerprint density at radius 2 is 2.14 bits per heavy atom. The summed E-state index contributed by atoms with van der Waals surface area (Å²) in [5, 5.41) is 3.14. The van der Waals surface area contributed by atoms with Gasteiger partial charge in [-0.25, -0.2) is 4.98 Å². The minimum Gasteiger partial charge on any atom is -0.339 e. The number of hydrogen-bond acceptors (Lipinski definition) is 3. The molecule has 0 unspecified atom stereocenters. The maximum atomic E-state index is 4.15. The summed E-state index contributed by atoms with van der Waals surface area (Å²) >= 11 is 3.35. The Morgan fingerprint density at radius 3 is 2.86 bits per heavy atom. The first-order valence-corrected chi connectivity index (χ1v) is 4.92. The average Bonchev–Trinajstić information content (AvgIpc) is 2.19. The molecule has 1 N–H and O–H groups in total. The Kier molecular flexibility index (Phi) is 2.74. The molecule has 0 saturated heterocycles. The maximum absolute atomic E-state index is 4.15. The molecule has 0 radical (unpaired) electrons. The third-order valence-corrected chi connectivity index (χ3v) is 2.08. The van der Waals surface area contributed by atoms with E-state index in [9.17, 15) is 0 Å². The molecule has 0 amide bonds. The topological polar surface area (TPSA) is 37.8 Å². The van der Waals surface area contributed by atoms with E-state index in [2.05, 4.69) is 31.2 Å². The van der Waals surface area contributed by atoms with Gasteiger partial charge in [-0.1, -0.05) is 6.07 Å². The lowest BCUT2D eigenvalue weighted by atomic mass is 10.4. The number of hydrogen-bond donors (Lipinski definition) is 1. The zero-order chi connectivity index (χ0) is 9.80. The van der Waals surface area contributed by atoms with Crippen molar-refractivity contribution in [3.63, 3.8) is 0 Å². The number of halogens is 1. The average molecular weight is 250 g/mol. The van der Waals surface area contributed by atoms with Crippen LogP contribution in [0.1, 0.15) is 0 Å². The van der Waals surface area contributed by atoms with Crippen LogP contribution in [0.3, 0.4) is 0 Å². The number of anilines is 2. The molecular weight excluding hydrogens is 242 g/mol. The molecule has 0 aromatic carbocycles. The summed E-state index contributed by atoms with van der Waals surface area (Å²) < 4.78 is 0.943. The summed E-state index contributed by atoms with van der Waals surface area (Å²) in [5.74, 6) is 0.812. The van der Waals surface area contributed by atoms with Crippen molar-refractivity contribution in [2.45, 2.75) is 0 Å². The van der Waals surface area contributed by atoms with Crippen molar-refractivity contribution in [3.05, 3.63) is 47.3 Å². The molecule has 3 nitrogen and oxygen atoms in total. The smallest absolute Gasteiger partial charge is 0.130 e. The van der Waals surface area contributed by atoms with Gasteiger partial charge in [-0.05, 0) is 34.1 Å². The monoisotopic (exact) mass is 249 g/mol.